The number of carbonyl (C=O) groups excluding carboxylic acids is 1. The van der Waals surface area contributed by atoms with Crippen molar-refractivity contribution in [2.45, 2.75) is 44.9 Å². The summed E-state index contributed by atoms with van der Waals surface area (Å²) in [6.07, 6.45) is 0.0303. The van der Waals surface area contributed by atoms with E-state index in [2.05, 4.69) is 22.1 Å². The summed E-state index contributed by atoms with van der Waals surface area (Å²) in [4.78, 5) is 13.5. The van der Waals surface area contributed by atoms with Crippen LogP contribution in [0, 0.1) is 0 Å². The minimum atomic E-state index is -0.542. The predicted molar refractivity (Wildman–Crippen MR) is 83.6 cm³/mol. The Morgan fingerprint density at radius 3 is 2.90 bits per heavy atom. The third kappa shape index (κ3) is 4.98. The van der Waals surface area contributed by atoms with Gasteiger partial charge in [-0.25, -0.2) is 4.79 Å². The smallest absolute Gasteiger partial charge is 0.410 e. The van der Waals surface area contributed by atoms with Crippen LogP contribution in [0.25, 0.3) is 0 Å². The summed E-state index contributed by atoms with van der Waals surface area (Å²) in [6.45, 7) is 7.13. The lowest BCUT2D eigenvalue weighted by molar-refractivity contribution is 0.0270. The molecule has 0 spiro atoms. The molecule has 2 N–H and O–H groups in total. The highest BCUT2D eigenvalue weighted by molar-refractivity contribution is 7.07. The molecule has 1 aliphatic rings. The van der Waals surface area contributed by atoms with Crippen molar-refractivity contribution in [1.82, 2.24) is 10.2 Å². The summed E-state index contributed by atoms with van der Waals surface area (Å²) >= 11 is 1.69. The highest BCUT2D eigenvalue weighted by Crippen LogP contribution is 2.16. The lowest BCUT2D eigenvalue weighted by Crippen LogP contribution is -2.40. The molecule has 1 aromatic heterocycles. The fourth-order valence-corrected chi connectivity index (χ4v) is 3.00. The number of nitrogens with zero attached hydrogens (tertiary/aromatic N) is 1. The molecular weight excluding hydrogens is 288 g/mol. The van der Waals surface area contributed by atoms with Gasteiger partial charge >= 0.3 is 6.09 Å². The number of carbonyl (C=O) groups is 1. The van der Waals surface area contributed by atoms with Gasteiger partial charge in [0, 0.05) is 6.54 Å². The standard InChI is InChI=1S/C15H24N2O3S/c1-15(2,3)20-14(19)17-8-12(13(18)9-17)16-6-4-11-5-7-21-10-11/h5,7,10,12-13,16,18H,4,6,8-9H2,1-3H3/t12-,13-/m0/s1. The molecule has 21 heavy (non-hydrogen) atoms. The Hall–Kier alpha value is -1.11. The molecule has 0 radical (unpaired) electrons. The van der Waals surface area contributed by atoms with E-state index >= 15 is 0 Å². The summed E-state index contributed by atoms with van der Waals surface area (Å²) in [5.74, 6) is 0. The normalized spacial score (nSPS) is 22.6. The molecule has 0 unspecified atom stereocenters. The number of hydrogen-bond donors (Lipinski definition) is 2. The number of rotatable bonds is 4. The number of amides is 1. The molecule has 2 heterocycles. The van der Waals surface area contributed by atoms with Crippen LogP contribution in [0.1, 0.15) is 26.3 Å². The third-order valence-electron chi connectivity index (χ3n) is 3.34. The first-order chi connectivity index (χ1) is 9.85. The van der Waals surface area contributed by atoms with E-state index in [-0.39, 0.29) is 12.1 Å². The monoisotopic (exact) mass is 312 g/mol. The van der Waals surface area contributed by atoms with Crippen LogP contribution in [0.2, 0.25) is 0 Å². The fourth-order valence-electron chi connectivity index (χ4n) is 2.30. The zero-order chi connectivity index (χ0) is 15.5. The molecule has 0 aromatic carbocycles. The summed E-state index contributed by atoms with van der Waals surface area (Å²) in [5, 5.41) is 17.6. The van der Waals surface area contributed by atoms with Gasteiger partial charge < -0.3 is 20.1 Å². The second kappa shape index (κ2) is 6.77. The zero-order valence-electron chi connectivity index (χ0n) is 12.8. The summed E-state index contributed by atoms with van der Waals surface area (Å²) in [5.41, 5.74) is 0.788. The van der Waals surface area contributed by atoms with E-state index in [9.17, 15) is 9.90 Å². The number of ether oxygens (including phenoxy) is 1. The molecule has 0 aliphatic carbocycles. The fraction of sp³-hybridized carbons (Fsp3) is 0.667. The van der Waals surface area contributed by atoms with Gasteiger partial charge in [0.1, 0.15) is 5.60 Å². The van der Waals surface area contributed by atoms with Crippen LogP contribution in [-0.2, 0) is 11.2 Å². The van der Waals surface area contributed by atoms with Crippen LogP contribution in [0.15, 0.2) is 16.8 Å². The maximum atomic E-state index is 12.0. The lowest BCUT2D eigenvalue weighted by atomic mass is 10.2. The molecule has 6 heteroatoms. The van der Waals surface area contributed by atoms with Gasteiger partial charge in [-0.15, -0.1) is 0 Å². The number of aliphatic hydroxyl groups excluding tert-OH is 1. The molecule has 2 atom stereocenters. The van der Waals surface area contributed by atoms with Crippen molar-refractivity contribution >= 4 is 17.4 Å². The molecular formula is C15H24N2O3S. The van der Waals surface area contributed by atoms with Gasteiger partial charge in [-0.3, -0.25) is 0 Å². The van der Waals surface area contributed by atoms with Crippen molar-refractivity contribution in [3.8, 4) is 0 Å². The van der Waals surface area contributed by atoms with Crippen molar-refractivity contribution in [3.63, 3.8) is 0 Å². The number of nitrogens with one attached hydrogen (secondary N) is 1. The zero-order valence-corrected chi connectivity index (χ0v) is 13.7. The first kappa shape index (κ1) is 16.3. The molecule has 1 saturated heterocycles. The summed E-state index contributed by atoms with van der Waals surface area (Å²) < 4.78 is 5.33. The SMILES string of the molecule is CC(C)(C)OC(=O)N1C[C@H](NCCc2ccsc2)[C@@H](O)C1. The van der Waals surface area contributed by atoms with Crippen LogP contribution >= 0.6 is 11.3 Å². The average molecular weight is 312 g/mol. The van der Waals surface area contributed by atoms with Gasteiger partial charge in [-0.05, 0) is 56.1 Å². The molecule has 0 saturated carbocycles. The molecule has 1 fully saturated rings. The molecule has 1 amide bonds. The predicted octanol–water partition coefficient (Wildman–Crippen LogP) is 1.86. The van der Waals surface area contributed by atoms with Gasteiger partial charge in [-0.2, -0.15) is 11.3 Å². The van der Waals surface area contributed by atoms with Crippen LogP contribution in [-0.4, -0.2) is 53.5 Å². The maximum Gasteiger partial charge on any atom is 0.410 e. The van der Waals surface area contributed by atoms with Gasteiger partial charge in [0.05, 0.1) is 18.7 Å². The van der Waals surface area contributed by atoms with Crippen molar-refractivity contribution in [2.75, 3.05) is 19.6 Å². The first-order valence-corrected chi connectivity index (χ1v) is 8.20. The van der Waals surface area contributed by atoms with Gasteiger partial charge in [0.2, 0.25) is 0 Å². The van der Waals surface area contributed by atoms with Crippen molar-refractivity contribution < 1.29 is 14.6 Å². The number of aliphatic hydroxyl groups is 1. The summed E-state index contributed by atoms with van der Waals surface area (Å²) in [7, 11) is 0. The largest absolute Gasteiger partial charge is 0.444 e. The van der Waals surface area contributed by atoms with Crippen molar-refractivity contribution in [2.24, 2.45) is 0 Å². The van der Waals surface area contributed by atoms with Crippen LogP contribution in [0.4, 0.5) is 4.79 Å². The van der Waals surface area contributed by atoms with E-state index in [0.29, 0.717) is 13.1 Å². The van der Waals surface area contributed by atoms with Gasteiger partial charge in [0.15, 0.2) is 0 Å². The number of hydrogen-bond acceptors (Lipinski definition) is 5. The second-order valence-electron chi connectivity index (χ2n) is 6.39. The Morgan fingerprint density at radius 1 is 1.52 bits per heavy atom. The lowest BCUT2D eigenvalue weighted by Gasteiger charge is -2.24. The highest BCUT2D eigenvalue weighted by atomic mass is 32.1. The number of β-amino-alcohol motifs (C(OH)–C–C–N with tert-alkyl or cyclic N) is 1. The Morgan fingerprint density at radius 2 is 2.29 bits per heavy atom. The molecule has 0 bridgehead atoms. The minimum Gasteiger partial charge on any atom is -0.444 e. The third-order valence-corrected chi connectivity index (χ3v) is 4.07. The summed E-state index contributed by atoms with van der Waals surface area (Å²) in [6, 6.07) is 2.01. The van der Waals surface area contributed by atoms with Gasteiger partial charge in [-0.1, -0.05) is 0 Å². The first-order valence-electron chi connectivity index (χ1n) is 7.25. The van der Waals surface area contributed by atoms with Crippen LogP contribution in [0.5, 0.6) is 0 Å². The number of thiophene rings is 1. The maximum absolute atomic E-state index is 12.0. The van der Waals surface area contributed by atoms with E-state index < -0.39 is 11.7 Å². The molecule has 5 nitrogen and oxygen atoms in total. The topological polar surface area (TPSA) is 61.8 Å². The quantitative estimate of drug-likeness (QED) is 0.891. The Labute approximate surface area is 129 Å². The van der Waals surface area contributed by atoms with E-state index in [0.717, 1.165) is 13.0 Å². The Kier molecular flexibility index (Phi) is 5.24. The molecule has 1 aromatic rings. The highest BCUT2D eigenvalue weighted by Gasteiger charge is 2.35. The second-order valence-corrected chi connectivity index (χ2v) is 7.17. The van der Waals surface area contributed by atoms with E-state index in [1.165, 1.54) is 5.56 Å². The number of likely N-dealkylation sites (tertiary alicyclic amines) is 1. The molecule has 118 valence electrons. The van der Waals surface area contributed by atoms with Crippen LogP contribution < -0.4 is 5.32 Å². The van der Waals surface area contributed by atoms with E-state index in [1.807, 2.05) is 20.8 Å². The average Bonchev–Trinajstić information content (AvgIpc) is 2.98. The van der Waals surface area contributed by atoms with E-state index in [4.69, 9.17) is 4.74 Å². The van der Waals surface area contributed by atoms with E-state index in [1.54, 1.807) is 16.2 Å². The van der Waals surface area contributed by atoms with Crippen LogP contribution in [0.3, 0.4) is 0 Å². The van der Waals surface area contributed by atoms with Crippen molar-refractivity contribution in [3.05, 3.63) is 22.4 Å². The molecule has 2 rings (SSSR count). The molecule has 1 aliphatic heterocycles. The van der Waals surface area contributed by atoms with Gasteiger partial charge in [0.25, 0.3) is 0 Å². The Balaban J connectivity index is 1.76. The Bertz CT molecular complexity index is 456. The minimum absolute atomic E-state index is 0.0869. The van der Waals surface area contributed by atoms with Crippen molar-refractivity contribution in [1.29, 1.82) is 0 Å².